The van der Waals surface area contributed by atoms with Crippen LogP contribution < -0.4 is 0 Å². The summed E-state index contributed by atoms with van der Waals surface area (Å²) in [5.41, 5.74) is 3.64. The van der Waals surface area contributed by atoms with E-state index in [2.05, 4.69) is 42.8 Å². The van der Waals surface area contributed by atoms with Crippen LogP contribution in [0.4, 0.5) is 0 Å². The van der Waals surface area contributed by atoms with Gasteiger partial charge in [-0.3, -0.25) is 19.5 Å². The Labute approximate surface area is 153 Å². The Morgan fingerprint density at radius 1 is 0.962 bits per heavy atom. The van der Waals surface area contributed by atoms with Gasteiger partial charge < -0.3 is 4.74 Å². The molecule has 0 fully saturated rings. The topological polar surface area (TPSA) is 56.1 Å². The van der Waals surface area contributed by atoms with Gasteiger partial charge in [-0.1, -0.05) is 6.07 Å². The van der Waals surface area contributed by atoms with Gasteiger partial charge in [0, 0.05) is 63.1 Å². The van der Waals surface area contributed by atoms with E-state index in [9.17, 15) is 0 Å². The molecule has 1 aliphatic rings. The average Bonchev–Trinajstić information content (AvgIpc) is 3.03. The van der Waals surface area contributed by atoms with Gasteiger partial charge in [-0.05, 0) is 35.4 Å². The molecule has 0 unspecified atom stereocenters. The molecular formula is C20H23N5O. The zero-order valence-corrected chi connectivity index (χ0v) is 14.7. The zero-order chi connectivity index (χ0) is 17.6. The SMILES string of the molecule is c1cncc(COC[C@@H]2CN(Cc3ccncc3)Cc3ccnn3C2)c1. The fourth-order valence-corrected chi connectivity index (χ4v) is 3.42. The number of pyridine rings is 2. The van der Waals surface area contributed by atoms with Crippen molar-refractivity contribution < 1.29 is 4.74 Å². The Balaban J connectivity index is 1.40. The van der Waals surface area contributed by atoms with Crippen LogP contribution in [0.3, 0.4) is 0 Å². The van der Waals surface area contributed by atoms with Crippen molar-refractivity contribution in [3.05, 3.63) is 78.1 Å². The Bertz CT molecular complexity index is 805. The second-order valence-electron chi connectivity index (χ2n) is 6.77. The lowest BCUT2D eigenvalue weighted by atomic mass is 10.1. The minimum absolute atomic E-state index is 0.398. The first kappa shape index (κ1) is 16.9. The molecule has 26 heavy (non-hydrogen) atoms. The van der Waals surface area contributed by atoms with Crippen LogP contribution in [0.5, 0.6) is 0 Å². The van der Waals surface area contributed by atoms with Crippen molar-refractivity contribution >= 4 is 0 Å². The molecule has 0 bridgehead atoms. The quantitative estimate of drug-likeness (QED) is 0.684. The lowest BCUT2D eigenvalue weighted by molar-refractivity contribution is 0.0655. The summed E-state index contributed by atoms with van der Waals surface area (Å²) in [4.78, 5) is 10.7. The van der Waals surface area contributed by atoms with Crippen LogP contribution >= 0.6 is 0 Å². The van der Waals surface area contributed by atoms with E-state index in [0.717, 1.165) is 31.7 Å². The van der Waals surface area contributed by atoms with Crippen molar-refractivity contribution in [3.8, 4) is 0 Å². The van der Waals surface area contributed by atoms with Crippen LogP contribution in [-0.2, 0) is 31.0 Å². The highest BCUT2D eigenvalue weighted by Crippen LogP contribution is 2.18. The molecule has 1 atom stereocenters. The van der Waals surface area contributed by atoms with E-state index < -0.39 is 0 Å². The Morgan fingerprint density at radius 3 is 2.73 bits per heavy atom. The van der Waals surface area contributed by atoms with Crippen molar-refractivity contribution in [3.63, 3.8) is 0 Å². The highest BCUT2D eigenvalue weighted by Gasteiger charge is 2.22. The second kappa shape index (κ2) is 8.21. The Kier molecular flexibility index (Phi) is 5.33. The van der Waals surface area contributed by atoms with E-state index in [1.165, 1.54) is 11.3 Å². The van der Waals surface area contributed by atoms with Gasteiger partial charge in [0.25, 0.3) is 0 Å². The molecule has 0 aromatic carbocycles. The molecule has 0 radical (unpaired) electrons. The molecule has 6 heteroatoms. The molecule has 3 aromatic rings. The predicted octanol–water partition coefficient (Wildman–Crippen LogP) is 2.52. The van der Waals surface area contributed by atoms with Gasteiger partial charge in [-0.2, -0.15) is 5.10 Å². The number of hydrogen-bond donors (Lipinski definition) is 0. The third-order valence-corrected chi connectivity index (χ3v) is 4.64. The fraction of sp³-hybridized carbons (Fsp3) is 0.350. The molecule has 134 valence electrons. The third kappa shape index (κ3) is 4.33. The summed E-state index contributed by atoms with van der Waals surface area (Å²) in [7, 11) is 0. The monoisotopic (exact) mass is 349 g/mol. The van der Waals surface area contributed by atoms with E-state index in [1.54, 1.807) is 6.20 Å². The summed E-state index contributed by atoms with van der Waals surface area (Å²) < 4.78 is 8.10. The number of hydrogen-bond acceptors (Lipinski definition) is 5. The molecule has 4 heterocycles. The molecular weight excluding hydrogens is 326 g/mol. The van der Waals surface area contributed by atoms with E-state index >= 15 is 0 Å². The normalized spacial score (nSPS) is 17.6. The maximum absolute atomic E-state index is 5.99. The highest BCUT2D eigenvalue weighted by molar-refractivity contribution is 5.11. The second-order valence-corrected chi connectivity index (χ2v) is 6.77. The van der Waals surface area contributed by atoms with Crippen LogP contribution in [0.15, 0.2) is 61.3 Å². The first-order chi connectivity index (χ1) is 12.9. The molecule has 4 rings (SSSR count). The van der Waals surface area contributed by atoms with E-state index in [4.69, 9.17) is 4.74 Å². The summed E-state index contributed by atoms with van der Waals surface area (Å²) in [5.74, 6) is 0.398. The lowest BCUT2D eigenvalue weighted by Crippen LogP contribution is -2.30. The fourth-order valence-electron chi connectivity index (χ4n) is 3.42. The number of rotatable bonds is 6. The number of ether oxygens (including phenoxy) is 1. The van der Waals surface area contributed by atoms with Crippen molar-refractivity contribution in [2.45, 2.75) is 26.2 Å². The molecule has 0 spiro atoms. The molecule has 1 aliphatic heterocycles. The van der Waals surface area contributed by atoms with Crippen LogP contribution in [-0.4, -0.2) is 37.8 Å². The van der Waals surface area contributed by atoms with E-state index in [1.807, 2.05) is 36.9 Å². The maximum Gasteiger partial charge on any atom is 0.0731 e. The zero-order valence-electron chi connectivity index (χ0n) is 14.7. The summed E-state index contributed by atoms with van der Waals surface area (Å²) in [6.07, 6.45) is 9.23. The Hall–Kier alpha value is -2.57. The van der Waals surface area contributed by atoms with Gasteiger partial charge in [0.05, 0.1) is 18.9 Å². The van der Waals surface area contributed by atoms with Gasteiger partial charge in [-0.15, -0.1) is 0 Å². The minimum atomic E-state index is 0.398. The average molecular weight is 349 g/mol. The third-order valence-electron chi connectivity index (χ3n) is 4.64. The number of nitrogens with zero attached hydrogens (tertiary/aromatic N) is 5. The molecule has 0 N–H and O–H groups in total. The van der Waals surface area contributed by atoms with Gasteiger partial charge in [0.2, 0.25) is 0 Å². The van der Waals surface area contributed by atoms with Crippen molar-refractivity contribution in [2.24, 2.45) is 5.92 Å². The summed E-state index contributed by atoms with van der Waals surface area (Å²) in [5, 5.41) is 4.49. The van der Waals surface area contributed by atoms with Crippen LogP contribution in [0.25, 0.3) is 0 Å². The molecule has 0 saturated carbocycles. The van der Waals surface area contributed by atoms with E-state index in [-0.39, 0.29) is 0 Å². The van der Waals surface area contributed by atoms with Crippen molar-refractivity contribution in [1.82, 2.24) is 24.6 Å². The summed E-state index contributed by atoms with van der Waals surface area (Å²) in [6, 6.07) is 10.3. The maximum atomic E-state index is 5.99. The van der Waals surface area contributed by atoms with Crippen LogP contribution in [0.2, 0.25) is 0 Å². The van der Waals surface area contributed by atoms with E-state index in [0.29, 0.717) is 19.1 Å². The predicted molar refractivity (Wildman–Crippen MR) is 98.0 cm³/mol. The van der Waals surface area contributed by atoms with Crippen LogP contribution in [0.1, 0.15) is 16.8 Å². The number of fused-ring (bicyclic) bond motifs is 1. The Morgan fingerprint density at radius 2 is 1.88 bits per heavy atom. The standard InChI is InChI=1S/C20H23N5O/c1-2-18(10-22-6-1)15-26-16-19-12-24(11-17-3-7-21-8-4-17)14-20-5-9-23-25(20)13-19/h1-10,19H,11-16H2/t19-/m1/s1. The number of aromatic nitrogens is 4. The summed E-state index contributed by atoms with van der Waals surface area (Å²) >= 11 is 0. The first-order valence-electron chi connectivity index (χ1n) is 8.95. The largest absolute Gasteiger partial charge is 0.376 e. The summed E-state index contributed by atoms with van der Waals surface area (Å²) in [6.45, 7) is 5.00. The molecule has 0 aliphatic carbocycles. The molecule has 0 saturated heterocycles. The van der Waals surface area contributed by atoms with Crippen LogP contribution in [0, 0.1) is 5.92 Å². The first-order valence-corrected chi connectivity index (χ1v) is 8.95. The van der Waals surface area contributed by atoms with Gasteiger partial charge in [-0.25, -0.2) is 0 Å². The van der Waals surface area contributed by atoms with Crippen molar-refractivity contribution in [2.75, 3.05) is 13.2 Å². The van der Waals surface area contributed by atoms with Crippen molar-refractivity contribution in [1.29, 1.82) is 0 Å². The molecule has 3 aromatic heterocycles. The smallest absolute Gasteiger partial charge is 0.0731 e. The molecule has 6 nitrogen and oxygen atoms in total. The lowest BCUT2D eigenvalue weighted by Gasteiger charge is -2.24. The van der Waals surface area contributed by atoms with Gasteiger partial charge >= 0.3 is 0 Å². The minimum Gasteiger partial charge on any atom is -0.376 e. The van der Waals surface area contributed by atoms with Gasteiger partial charge in [0.1, 0.15) is 0 Å². The highest BCUT2D eigenvalue weighted by atomic mass is 16.5. The molecule has 0 amide bonds. The van der Waals surface area contributed by atoms with Gasteiger partial charge in [0.15, 0.2) is 0 Å².